The third-order valence-electron chi connectivity index (χ3n) is 4.76. The Morgan fingerprint density at radius 2 is 2.04 bits per heavy atom. The van der Waals surface area contributed by atoms with Crippen LogP contribution in [0.2, 0.25) is 0 Å². The predicted octanol–water partition coefficient (Wildman–Crippen LogP) is 0.864. The summed E-state index contributed by atoms with van der Waals surface area (Å²) in [5.41, 5.74) is 0.315. The first-order valence-electron chi connectivity index (χ1n) is 8.62. The van der Waals surface area contributed by atoms with Gasteiger partial charge in [0.05, 0.1) is 7.11 Å². The van der Waals surface area contributed by atoms with E-state index in [1.165, 1.54) is 19.2 Å². The van der Waals surface area contributed by atoms with Gasteiger partial charge >= 0.3 is 0 Å². The fourth-order valence-electron chi connectivity index (χ4n) is 2.95. The zero-order chi connectivity index (χ0) is 18.0. The number of piperidine rings is 1. The summed E-state index contributed by atoms with van der Waals surface area (Å²) in [7, 11) is -2.29. The summed E-state index contributed by atoms with van der Waals surface area (Å²) in [5.74, 6) is 0.340. The highest BCUT2D eigenvalue weighted by molar-refractivity contribution is 7.89. The minimum atomic E-state index is -3.71. The van der Waals surface area contributed by atoms with E-state index in [-0.39, 0.29) is 28.6 Å². The van der Waals surface area contributed by atoms with E-state index < -0.39 is 10.0 Å². The number of carbonyl (C=O) groups excluding carboxylic acids is 1. The molecule has 2 unspecified atom stereocenters. The lowest BCUT2D eigenvalue weighted by molar-refractivity contribution is 0.0915. The summed E-state index contributed by atoms with van der Waals surface area (Å²) in [6.07, 6.45) is 2.68. The molecular formula is C17H25N3O4S. The Bertz CT molecular complexity index is 746. The third kappa shape index (κ3) is 4.31. The Hall–Kier alpha value is -1.64. The lowest BCUT2D eigenvalue weighted by Gasteiger charge is -2.30. The predicted molar refractivity (Wildman–Crippen MR) is 94.2 cm³/mol. The Morgan fingerprint density at radius 3 is 2.68 bits per heavy atom. The second-order valence-corrected chi connectivity index (χ2v) is 8.49. The van der Waals surface area contributed by atoms with Crippen LogP contribution in [0.4, 0.5) is 0 Å². The van der Waals surface area contributed by atoms with E-state index in [0.717, 1.165) is 32.4 Å². The van der Waals surface area contributed by atoms with E-state index in [9.17, 15) is 13.2 Å². The first-order chi connectivity index (χ1) is 11.9. The van der Waals surface area contributed by atoms with E-state index in [4.69, 9.17) is 4.74 Å². The van der Waals surface area contributed by atoms with Gasteiger partial charge in [-0.1, -0.05) is 6.92 Å². The molecule has 138 valence electrons. The first-order valence-corrected chi connectivity index (χ1v) is 10.1. The molecule has 1 saturated heterocycles. The van der Waals surface area contributed by atoms with Gasteiger partial charge in [-0.15, -0.1) is 0 Å². The molecule has 25 heavy (non-hydrogen) atoms. The smallest absolute Gasteiger partial charge is 0.251 e. The second-order valence-electron chi connectivity index (χ2n) is 6.81. The Morgan fingerprint density at radius 1 is 1.28 bits per heavy atom. The standard InChI is InChI=1S/C17H25N3O4S/c1-11-7-8-18-10-14(11)19-17(21)12-3-6-15(24-2)16(9-12)25(22,23)20-13-4-5-13/h3,6,9,11,13-14,18,20H,4-5,7-8,10H2,1-2H3,(H,19,21). The van der Waals surface area contributed by atoms with Gasteiger partial charge in [0.25, 0.3) is 5.91 Å². The van der Waals surface area contributed by atoms with E-state index in [1.807, 2.05) is 0 Å². The van der Waals surface area contributed by atoms with Gasteiger partial charge in [-0.3, -0.25) is 4.79 Å². The van der Waals surface area contributed by atoms with Gasteiger partial charge < -0.3 is 15.4 Å². The number of rotatable bonds is 6. The van der Waals surface area contributed by atoms with Crippen molar-refractivity contribution in [1.29, 1.82) is 0 Å². The molecule has 1 saturated carbocycles. The summed E-state index contributed by atoms with van der Waals surface area (Å²) in [4.78, 5) is 12.6. The molecule has 0 bridgehead atoms. The van der Waals surface area contributed by atoms with Crippen molar-refractivity contribution in [2.75, 3.05) is 20.2 Å². The average molecular weight is 367 g/mol. The maximum Gasteiger partial charge on any atom is 0.251 e. The van der Waals surface area contributed by atoms with E-state index in [1.54, 1.807) is 6.07 Å². The highest BCUT2D eigenvalue weighted by Crippen LogP contribution is 2.28. The Balaban J connectivity index is 1.81. The minimum Gasteiger partial charge on any atom is -0.495 e. The maximum atomic E-state index is 12.6. The van der Waals surface area contributed by atoms with Gasteiger partial charge in [0.2, 0.25) is 10.0 Å². The molecule has 2 atom stereocenters. The molecule has 1 aliphatic heterocycles. The van der Waals surface area contributed by atoms with Gasteiger partial charge in [-0.05, 0) is 49.9 Å². The normalized spacial score (nSPS) is 23.9. The fourth-order valence-corrected chi connectivity index (χ4v) is 4.45. The number of sulfonamides is 1. The van der Waals surface area contributed by atoms with Crippen molar-refractivity contribution in [2.45, 2.75) is 43.2 Å². The van der Waals surface area contributed by atoms with Crippen LogP contribution in [0.25, 0.3) is 0 Å². The van der Waals surface area contributed by atoms with Crippen LogP contribution in [0, 0.1) is 5.92 Å². The van der Waals surface area contributed by atoms with Gasteiger partial charge in [-0.25, -0.2) is 13.1 Å². The van der Waals surface area contributed by atoms with Gasteiger partial charge in [0, 0.05) is 24.2 Å². The summed E-state index contributed by atoms with van der Waals surface area (Å²) < 4.78 is 32.9. The molecule has 7 nitrogen and oxygen atoms in total. The molecule has 1 aliphatic carbocycles. The SMILES string of the molecule is COc1ccc(C(=O)NC2CNCCC2C)cc1S(=O)(=O)NC1CC1. The summed E-state index contributed by atoms with van der Waals surface area (Å²) in [6, 6.07) is 4.53. The fraction of sp³-hybridized carbons (Fsp3) is 0.588. The highest BCUT2D eigenvalue weighted by Gasteiger charge is 2.31. The van der Waals surface area contributed by atoms with Crippen LogP contribution in [0.1, 0.15) is 36.5 Å². The number of benzene rings is 1. The van der Waals surface area contributed by atoms with Gasteiger partial charge in [0.1, 0.15) is 10.6 Å². The van der Waals surface area contributed by atoms with Crippen molar-refractivity contribution in [3.05, 3.63) is 23.8 Å². The molecule has 3 N–H and O–H groups in total. The van der Waals surface area contributed by atoms with E-state index >= 15 is 0 Å². The number of carbonyl (C=O) groups is 1. The lowest BCUT2D eigenvalue weighted by atomic mass is 9.94. The monoisotopic (exact) mass is 367 g/mol. The van der Waals surface area contributed by atoms with Crippen LogP contribution in [0.3, 0.4) is 0 Å². The van der Waals surface area contributed by atoms with Gasteiger partial charge in [-0.2, -0.15) is 0 Å². The Kier molecular flexibility index (Phi) is 5.31. The largest absolute Gasteiger partial charge is 0.495 e. The molecule has 3 rings (SSSR count). The molecule has 2 aliphatic rings. The number of amides is 1. The summed E-state index contributed by atoms with van der Waals surface area (Å²) in [6.45, 7) is 3.78. The van der Waals surface area contributed by atoms with E-state index in [2.05, 4.69) is 22.3 Å². The molecule has 2 fully saturated rings. The van der Waals surface area contributed by atoms with Crippen LogP contribution in [-0.4, -0.2) is 46.6 Å². The number of methoxy groups -OCH3 is 1. The molecule has 1 amide bonds. The second kappa shape index (κ2) is 7.31. The third-order valence-corrected chi connectivity index (χ3v) is 6.30. The van der Waals surface area contributed by atoms with Crippen LogP contribution in [0.15, 0.2) is 23.1 Å². The quantitative estimate of drug-likeness (QED) is 0.693. The van der Waals surface area contributed by atoms with Crippen molar-refractivity contribution in [3.63, 3.8) is 0 Å². The first kappa shape index (κ1) is 18.2. The van der Waals surface area contributed by atoms with Crippen molar-refractivity contribution in [1.82, 2.24) is 15.4 Å². The van der Waals surface area contributed by atoms with E-state index in [0.29, 0.717) is 11.5 Å². The summed E-state index contributed by atoms with van der Waals surface area (Å²) >= 11 is 0. The van der Waals surface area contributed by atoms with Crippen molar-refractivity contribution < 1.29 is 17.9 Å². The average Bonchev–Trinajstić information content (AvgIpc) is 3.39. The maximum absolute atomic E-state index is 12.6. The zero-order valence-electron chi connectivity index (χ0n) is 14.5. The summed E-state index contributed by atoms with van der Waals surface area (Å²) in [5, 5.41) is 6.26. The number of nitrogens with one attached hydrogen (secondary N) is 3. The zero-order valence-corrected chi connectivity index (χ0v) is 15.4. The van der Waals surface area contributed by atoms with Crippen LogP contribution in [-0.2, 0) is 10.0 Å². The molecule has 0 radical (unpaired) electrons. The molecule has 1 heterocycles. The van der Waals surface area contributed by atoms with Crippen molar-refractivity contribution in [2.24, 2.45) is 5.92 Å². The number of hydrogen-bond donors (Lipinski definition) is 3. The van der Waals surface area contributed by atoms with Crippen LogP contribution in [0.5, 0.6) is 5.75 Å². The van der Waals surface area contributed by atoms with Crippen LogP contribution >= 0.6 is 0 Å². The Labute approximate surface area is 148 Å². The highest BCUT2D eigenvalue weighted by atomic mass is 32.2. The number of ether oxygens (including phenoxy) is 1. The van der Waals surface area contributed by atoms with Gasteiger partial charge in [0.15, 0.2) is 0 Å². The lowest BCUT2D eigenvalue weighted by Crippen LogP contribution is -2.50. The van der Waals surface area contributed by atoms with Crippen LogP contribution < -0.4 is 20.1 Å². The molecule has 1 aromatic carbocycles. The molecule has 8 heteroatoms. The molecule has 0 spiro atoms. The topological polar surface area (TPSA) is 96.5 Å². The molecule has 1 aromatic rings. The number of hydrogen-bond acceptors (Lipinski definition) is 5. The van der Waals surface area contributed by atoms with Crippen molar-refractivity contribution >= 4 is 15.9 Å². The molecular weight excluding hydrogens is 342 g/mol. The molecule has 0 aromatic heterocycles. The van der Waals surface area contributed by atoms with Crippen molar-refractivity contribution in [3.8, 4) is 5.75 Å². The minimum absolute atomic E-state index is 0.00404.